The van der Waals surface area contributed by atoms with Crippen LogP contribution in [0.2, 0.25) is 5.02 Å². The molecule has 2 aromatic rings. The number of hydrogen-bond acceptors (Lipinski definition) is 2. The van der Waals surface area contributed by atoms with Gasteiger partial charge in [0, 0.05) is 15.5 Å². The molecule has 0 aliphatic heterocycles. The minimum Gasteiger partial charge on any atom is -0.241 e. The van der Waals surface area contributed by atoms with Crippen molar-refractivity contribution in [2.24, 2.45) is 0 Å². The van der Waals surface area contributed by atoms with Crippen molar-refractivity contribution in [3.8, 4) is 10.6 Å². The van der Waals surface area contributed by atoms with E-state index in [9.17, 15) is 0 Å². The van der Waals surface area contributed by atoms with Crippen LogP contribution < -0.4 is 0 Å². The summed E-state index contributed by atoms with van der Waals surface area (Å²) < 4.78 is 0. The van der Waals surface area contributed by atoms with E-state index >= 15 is 0 Å². The molecule has 1 nitrogen and oxygen atoms in total. The van der Waals surface area contributed by atoms with E-state index < -0.39 is 0 Å². The predicted octanol–water partition coefficient (Wildman–Crippen LogP) is 4.08. The average molecular weight is 224 g/mol. The summed E-state index contributed by atoms with van der Waals surface area (Å²) in [5.41, 5.74) is 2.25. The summed E-state index contributed by atoms with van der Waals surface area (Å²) >= 11 is 7.54. The quantitative estimate of drug-likeness (QED) is 0.710. The van der Waals surface area contributed by atoms with Crippen LogP contribution in [-0.4, -0.2) is 4.98 Å². The van der Waals surface area contributed by atoms with Crippen LogP contribution in [0.4, 0.5) is 0 Å². The zero-order chi connectivity index (χ0) is 10.1. The summed E-state index contributed by atoms with van der Waals surface area (Å²) in [4.78, 5) is 5.76. The summed E-state index contributed by atoms with van der Waals surface area (Å²) in [5.74, 6) is 0. The lowest BCUT2D eigenvalue weighted by molar-refractivity contribution is 1.23. The molecule has 1 aromatic carbocycles. The third-order valence-corrected chi connectivity index (χ3v) is 3.49. The Kier molecular flexibility index (Phi) is 2.57. The number of hydrogen-bond donors (Lipinski definition) is 0. The van der Waals surface area contributed by atoms with Crippen LogP contribution >= 0.6 is 22.9 Å². The van der Waals surface area contributed by atoms with E-state index in [1.54, 1.807) is 11.3 Å². The Hall–Kier alpha value is -0.860. The van der Waals surface area contributed by atoms with Gasteiger partial charge in [0.1, 0.15) is 5.01 Å². The van der Waals surface area contributed by atoms with Crippen LogP contribution in [0, 0.1) is 13.8 Å². The number of halogens is 1. The lowest BCUT2D eigenvalue weighted by Crippen LogP contribution is -1.76. The van der Waals surface area contributed by atoms with Gasteiger partial charge in [0.15, 0.2) is 0 Å². The minimum absolute atomic E-state index is 0.763. The highest BCUT2D eigenvalue weighted by Crippen LogP contribution is 2.27. The Morgan fingerprint density at radius 3 is 2.29 bits per heavy atom. The largest absolute Gasteiger partial charge is 0.241 e. The van der Waals surface area contributed by atoms with Crippen molar-refractivity contribution in [3.63, 3.8) is 0 Å². The third-order valence-electron chi connectivity index (χ3n) is 2.12. The van der Waals surface area contributed by atoms with Gasteiger partial charge >= 0.3 is 0 Å². The van der Waals surface area contributed by atoms with Crippen molar-refractivity contribution in [2.45, 2.75) is 13.8 Å². The maximum Gasteiger partial charge on any atom is 0.123 e. The van der Waals surface area contributed by atoms with Crippen LogP contribution in [0.3, 0.4) is 0 Å². The van der Waals surface area contributed by atoms with E-state index in [0.29, 0.717) is 0 Å². The Balaban J connectivity index is 2.44. The predicted molar refractivity (Wildman–Crippen MR) is 62.0 cm³/mol. The SMILES string of the molecule is Cc1nc(-c2ccc(Cl)cc2)sc1C. The lowest BCUT2D eigenvalue weighted by atomic mass is 10.2. The Labute approximate surface area is 92.4 Å². The molecule has 0 aliphatic carbocycles. The molecule has 0 amide bonds. The Morgan fingerprint density at radius 1 is 1.14 bits per heavy atom. The van der Waals surface area contributed by atoms with Gasteiger partial charge in [0.05, 0.1) is 5.69 Å². The second-order valence-electron chi connectivity index (χ2n) is 3.17. The lowest BCUT2D eigenvalue weighted by Gasteiger charge is -1.94. The topological polar surface area (TPSA) is 12.9 Å². The van der Waals surface area contributed by atoms with Crippen LogP contribution in [0.15, 0.2) is 24.3 Å². The number of aromatic nitrogens is 1. The van der Waals surface area contributed by atoms with Gasteiger partial charge in [0.2, 0.25) is 0 Å². The first kappa shape index (κ1) is 9.69. The Bertz CT molecular complexity index is 425. The molecule has 1 heterocycles. The van der Waals surface area contributed by atoms with Crippen molar-refractivity contribution >= 4 is 22.9 Å². The van der Waals surface area contributed by atoms with Gasteiger partial charge in [-0.1, -0.05) is 23.7 Å². The molecule has 0 saturated carbocycles. The fraction of sp³-hybridized carbons (Fsp3) is 0.182. The maximum absolute atomic E-state index is 5.82. The molecule has 0 unspecified atom stereocenters. The molecule has 3 heteroatoms. The van der Waals surface area contributed by atoms with Gasteiger partial charge in [-0.3, -0.25) is 0 Å². The molecule has 0 radical (unpaired) electrons. The van der Waals surface area contributed by atoms with Crippen LogP contribution in [-0.2, 0) is 0 Å². The number of benzene rings is 1. The molecular weight excluding hydrogens is 214 g/mol. The van der Waals surface area contributed by atoms with Gasteiger partial charge < -0.3 is 0 Å². The van der Waals surface area contributed by atoms with E-state index in [1.807, 2.05) is 31.2 Å². The molecule has 0 aliphatic rings. The highest BCUT2D eigenvalue weighted by atomic mass is 35.5. The number of thiazole rings is 1. The minimum atomic E-state index is 0.763. The summed E-state index contributed by atoms with van der Waals surface area (Å²) in [6.07, 6.45) is 0. The zero-order valence-electron chi connectivity index (χ0n) is 8.04. The average Bonchev–Trinajstić information content (AvgIpc) is 2.48. The Morgan fingerprint density at radius 2 is 1.79 bits per heavy atom. The molecule has 0 N–H and O–H groups in total. The smallest absolute Gasteiger partial charge is 0.123 e. The van der Waals surface area contributed by atoms with Gasteiger partial charge in [-0.25, -0.2) is 4.98 Å². The normalized spacial score (nSPS) is 10.5. The van der Waals surface area contributed by atoms with Gasteiger partial charge in [-0.05, 0) is 26.0 Å². The zero-order valence-corrected chi connectivity index (χ0v) is 9.62. The molecule has 72 valence electrons. The second-order valence-corrected chi connectivity index (χ2v) is 4.81. The third kappa shape index (κ3) is 1.81. The van der Waals surface area contributed by atoms with Crippen molar-refractivity contribution in [1.82, 2.24) is 4.98 Å². The first-order valence-electron chi connectivity index (χ1n) is 4.37. The van der Waals surface area contributed by atoms with E-state index in [4.69, 9.17) is 11.6 Å². The van der Waals surface area contributed by atoms with Crippen molar-refractivity contribution in [2.75, 3.05) is 0 Å². The van der Waals surface area contributed by atoms with Gasteiger partial charge in [-0.2, -0.15) is 0 Å². The van der Waals surface area contributed by atoms with Crippen molar-refractivity contribution < 1.29 is 0 Å². The highest BCUT2D eigenvalue weighted by molar-refractivity contribution is 7.15. The van der Waals surface area contributed by atoms with Crippen LogP contribution in [0.5, 0.6) is 0 Å². The van der Waals surface area contributed by atoms with Gasteiger partial charge in [0.25, 0.3) is 0 Å². The molecule has 0 bridgehead atoms. The fourth-order valence-corrected chi connectivity index (χ4v) is 2.23. The standard InChI is InChI=1S/C11H10ClNS/c1-7-8(2)14-11(13-7)9-3-5-10(12)6-4-9/h3-6H,1-2H3. The number of rotatable bonds is 1. The molecule has 0 saturated heterocycles. The van der Waals surface area contributed by atoms with E-state index in [2.05, 4.69) is 11.9 Å². The molecule has 2 rings (SSSR count). The molecule has 1 aromatic heterocycles. The van der Waals surface area contributed by atoms with E-state index in [0.717, 1.165) is 21.3 Å². The summed E-state index contributed by atoms with van der Waals surface area (Å²) in [5, 5.41) is 1.83. The molecule has 0 fully saturated rings. The second kappa shape index (κ2) is 3.71. The highest BCUT2D eigenvalue weighted by Gasteiger charge is 2.05. The summed E-state index contributed by atoms with van der Waals surface area (Å²) in [6.45, 7) is 4.12. The van der Waals surface area contributed by atoms with E-state index in [-0.39, 0.29) is 0 Å². The molecule has 0 atom stereocenters. The van der Waals surface area contributed by atoms with E-state index in [1.165, 1.54) is 4.88 Å². The first-order valence-corrected chi connectivity index (χ1v) is 5.56. The molecule has 14 heavy (non-hydrogen) atoms. The number of aryl methyl sites for hydroxylation is 2. The van der Waals surface area contributed by atoms with Crippen molar-refractivity contribution in [3.05, 3.63) is 39.9 Å². The summed E-state index contributed by atoms with van der Waals surface area (Å²) in [7, 11) is 0. The monoisotopic (exact) mass is 223 g/mol. The first-order chi connectivity index (χ1) is 6.66. The fourth-order valence-electron chi connectivity index (χ4n) is 1.19. The van der Waals surface area contributed by atoms with Gasteiger partial charge in [-0.15, -0.1) is 11.3 Å². The molecular formula is C11H10ClNS. The summed E-state index contributed by atoms with van der Waals surface area (Å²) in [6, 6.07) is 7.78. The van der Waals surface area contributed by atoms with Crippen molar-refractivity contribution in [1.29, 1.82) is 0 Å². The van der Waals surface area contributed by atoms with Crippen LogP contribution in [0.1, 0.15) is 10.6 Å². The van der Waals surface area contributed by atoms with Crippen LogP contribution in [0.25, 0.3) is 10.6 Å². The number of nitrogens with zero attached hydrogens (tertiary/aromatic N) is 1. The molecule has 0 spiro atoms. The maximum atomic E-state index is 5.82.